The third-order valence-corrected chi connectivity index (χ3v) is 3.90. The first-order chi connectivity index (χ1) is 10.9. The number of para-hydroxylation sites is 1. The van der Waals surface area contributed by atoms with Crippen molar-refractivity contribution in [3.8, 4) is 0 Å². The van der Waals surface area contributed by atoms with Crippen molar-refractivity contribution in [2.45, 2.75) is 33.9 Å². The summed E-state index contributed by atoms with van der Waals surface area (Å²) in [6, 6.07) is 5.99. The van der Waals surface area contributed by atoms with E-state index < -0.39 is 4.92 Å². The van der Waals surface area contributed by atoms with Gasteiger partial charge in [0.05, 0.1) is 10.6 Å². The summed E-state index contributed by atoms with van der Waals surface area (Å²) in [5.41, 5.74) is 2.76. The quantitative estimate of drug-likeness (QED) is 0.627. The molecular formula is C16H20N4O3. The molecule has 0 atom stereocenters. The van der Waals surface area contributed by atoms with Crippen molar-refractivity contribution in [1.82, 2.24) is 14.7 Å². The molecule has 0 unspecified atom stereocenters. The molecule has 122 valence electrons. The van der Waals surface area contributed by atoms with E-state index in [1.54, 1.807) is 19.2 Å². The Kier molecular flexibility index (Phi) is 4.78. The summed E-state index contributed by atoms with van der Waals surface area (Å²) in [6.07, 6.45) is 0. The van der Waals surface area contributed by atoms with Crippen LogP contribution in [0.3, 0.4) is 0 Å². The van der Waals surface area contributed by atoms with Crippen molar-refractivity contribution in [2.75, 3.05) is 7.05 Å². The summed E-state index contributed by atoms with van der Waals surface area (Å²) in [6.45, 7) is 6.99. The Balaban J connectivity index is 2.28. The van der Waals surface area contributed by atoms with Gasteiger partial charge < -0.3 is 4.90 Å². The maximum absolute atomic E-state index is 12.6. The highest BCUT2D eigenvalue weighted by Crippen LogP contribution is 2.21. The van der Waals surface area contributed by atoms with E-state index in [1.807, 2.05) is 25.5 Å². The topological polar surface area (TPSA) is 81.3 Å². The van der Waals surface area contributed by atoms with Gasteiger partial charge in [0.1, 0.15) is 5.56 Å². The molecule has 1 aromatic heterocycles. The molecule has 0 N–H and O–H groups in total. The first-order valence-electron chi connectivity index (χ1n) is 7.38. The number of benzene rings is 1. The summed E-state index contributed by atoms with van der Waals surface area (Å²) in [4.78, 5) is 24.6. The molecule has 0 fully saturated rings. The number of aromatic nitrogens is 2. The van der Waals surface area contributed by atoms with Crippen molar-refractivity contribution in [3.05, 3.63) is 56.9 Å². The maximum Gasteiger partial charge on any atom is 0.282 e. The normalized spacial score (nSPS) is 10.6. The monoisotopic (exact) mass is 316 g/mol. The van der Waals surface area contributed by atoms with E-state index in [2.05, 4.69) is 5.10 Å². The second-order valence-corrected chi connectivity index (χ2v) is 5.40. The molecule has 0 spiro atoms. The fourth-order valence-electron chi connectivity index (χ4n) is 2.60. The van der Waals surface area contributed by atoms with E-state index >= 15 is 0 Å². The number of nitrogens with zero attached hydrogens (tertiary/aromatic N) is 4. The first kappa shape index (κ1) is 16.7. The van der Waals surface area contributed by atoms with E-state index in [0.717, 1.165) is 23.5 Å². The Morgan fingerprint density at radius 2 is 2.00 bits per heavy atom. The number of rotatable bonds is 5. The molecule has 0 saturated heterocycles. The molecule has 0 saturated carbocycles. The summed E-state index contributed by atoms with van der Waals surface area (Å²) in [5, 5.41) is 15.5. The number of nitro benzene ring substituents is 1. The molecule has 1 amide bonds. The second-order valence-electron chi connectivity index (χ2n) is 5.40. The zero-order chi connectivity index (χ0) is 17.1. The van der Waals surface area contributed by atoms with Crippen LogP contribution in [0.4, 0.5) is 5.69 Å². The van der Waals surface area contributed by atoms with Crippen LogP contribution in [0.2, 0.25) is 0 Å². The fraction of sp³-hybridized carbons (Fsp3) is 0.375. The first-order valence-corrected chi connectivity index (χ1v) is 7.38. The molecule has 7 heteroatoms. The zero-order valence-electron chi connectivity index (χ0n) is 13.7. The molecule has 0 aliphatic carbocycles. The third kappa shape index (κ3) is 3.23. The molecule has 0 bridgehead atoms. The van der Waals surface area contributed by atoms with Gasteiger partial charge in [-0.2, -0.15) is 5.10 Å². The molecule has 23 heavy (non-hydrogen) atoms. The van der Waals surface area contributed by atoms with Gasteiger partial charge in [-0.25, -0.2) is 0 Å². The van der Waals surface area contributed by atoms with Crippen LogP contribution in [0.5, 0.6) is 0 Å². The zero-order valence-corrected chi connectivity index (χ0v) is 13.7. The average molecular weight is 316 g/mol. The maximum atomic E-state index is 12.6. The minimum atomic E-state index is -0.535. The SMILES string of the molecule is CCn1nc(C)c(CN(C)C(=O)c2ccccc2[N+](=O)[O-])c1C. The van der Waals surface area contributed by atoms with Crippen LogP contribution < -0.4 is 0 Å². The van der Waals surface area contributed by atoms with Crippen molar-refractivity contribution < 1.29 is 9.72 Å². The van der Waals surface area contributed by atoms with Gasteiger partial charge in [0.15, 0.2) is 0 Å². The standard InChI is InChI=1S/C16H20N4O3/c1-5-19-12(3)14(11(2)17-19)10-18(4)16(21)13-8-6-7-9-15(13)20(22)23/h6-9H,5,10H2,1-4H3. The van der Waals surface area contributed by atoms with Gasteiger partial charge in [-0.05, 0) is 26.8 Å². The van der Waals surface area contributed by atoms with Crippen LogP contribution in [-0.4, -0.2) is 32.6 Å². The smallest absolute Gasteiger partial charge is 0.282 e. The lowest BCUT2D eigenvalue weighted by molar-refractivity contribution is -0.385. The van der Waals surface area contributed by atoms with E-state index in [1.165, 1.54) is 17.0 Å². The number of hydrogen-bond acceptors (Lipinski definition) is 4. The molecular weight excluding hydrogens is 296 g/mol. The molecule has 0 radical (unpaired) electrons. The molecule has 2 rings (SSSR count). The molecule has 2 aromatic rings. The van der Waals surface area contributed by atoms with E-state index in [9.17, 15) is 14.9 Å². The van der Waals surface area contributed by atoms with Crippen LogP contribution in [0.25, 0.3) is 0 Å². The van der Waals surface area contributed by atoms with Crippen molar-refractivity contribution >= 4 is 11.6 Å². The second kappa shape index (κ2) is 6.60. The summed E-state index contributed by atoms with van der Waals surface area (Å²) in [7, 11) is 1.64. The highest BCUT2D eigenvalue weighted by molar-refractivity contribution is 5.97. The lowest BCUT2D eigenvalue weighted by atomic mass is 10.1. The Labute approximate surface area is 134 Å². The number of hydrogen-bond donors (Lipinski definition) is 0. The Morgan fingerprint density at radius 1 is 1.35 bits per heavy atom. The van der Waals surface area contributed by atoms with Crippen molar-refractivity contribution in [1.29, 1.82) is 0 Å². The van der Waals surface area contributed by atoms with E-state index in [4.69, 9.17) is 0 Å². The predicted octanol–water partition coefficient (Wildman–Crippen LogP) is 2.70. The van der Waals surface area contributed by atoms with Gasteiger partial charge in [0.25, 0.3) is 11.6 Å². The van der Waals surface area contributed by atoms with Crippen molar-refractivity contribution in [3.63, 3.8) is 0 Å². The highest BCUT2D eigenvalue weighted by Gasteiger charge is 2.23. The lowest BCUT2D eigenvalue weighted by Crippen LogP contribution is -2.27. The Hall–Kier alpha value is -2.70. The van der Waals surface area contributed by atoms with E-state index in [0.29, 0.717) is 6.54 Å². The van der Waals surface area contributed by atoms with Gasteiger partial charge >= 0.3 is 0 Å². The van der Waals surface area contributed by atoms with Gasteiger partial charge in [-0.1, -0.05) is 12.1 Å². The summed E-state index contributed by atoms with van der Waals surface area (Å²) >= 11 is 0. The largest absolute Gasteiger partial charge is 0.337 e. The molecule has 0 aliphatic heterocycles. The van der Waals surface area contributed by atoms with Gasteiger partial charge in [0, 0.05) is 37.5 Å². The summed E-state index contributed by atoms with van der Waals surface area (Å²) < 4.78 is 1.88. The van der Waals surface area contributed by atoms with Crippen LogP contribution in [-0.2, 0) is 13.1 Å². The highest BCUT2D eigenvalue weighted by atomic mass is 16.6. The number of aryl methyl sites for hydroxylation is 2. The van der Waals surface area contributed by atoms with Gasteiger partial charge in [-0.3, -0.25) is 19.6 Å². The van der Waals surface area contributed by atoms with Crippen LogP contribution in [0.15, 0.2) is 24.3 Å². The van der Waals surface area contributed by atoms with Gasteiger partial charge in [0.2, 0.25) is 0 Å². The van der Waals surface area contributed by atoms with Crippen LogP contribution in [0.1, 0.15) is 34.2 Å². The molecule has 1 heterocycles. The predicted molar refractivity (Wildman–Crippen MR) is 86.3 cm³/mol. The van der Waals surface area contributed by atoms with Crippen molar-refractivity contribution in [2.24, 2.45) is 0 Å². The Morgan fingerprint density at radius 3 is 2.57 bits per heavy atom. The molecule has 0 aliphatic rings. The Bertz CT molecular complexity index is 752. The fourth-order valence-corrected chi connectivity index (χ4v) is 2.60. The number of amides is 1. The third-order valence-electron chi connectivity index (χ3n) is 3.90. The minimum absolute atomic E-state index is 0.0955. The lowest BCUT2D eigenvalue weighted by Gasteiger charge is -2.17. The average Bonchev–Trinajstić information content (AvgIpc) is 2.81. The van der Waals surface area contributed by atoms with Crippen LogP contribution >= 0.6 is 0 Å². The van der Waals surface area contributed by atoms with E-state index in [-0.39, 0.29) is 17.2 Å². The molecule has 7 nitrogen and oxygen atoms in total. The van der Waals surface area contributed by atoms with Crippen LogP contribution in [0, 0.1) is 24.0 Å². The number of carbonyl (C=O) groups is 1. The minimum Gasteiger partial charge on any atom is -0.337 e. The number of carbonyl (C=O) groups excluding carboxylic acids is 1. The molecule has 1 aromatic carbocycles. The summed E-state index contributed by atoms with van der Waals surface area (Å²) in [5.74, 6) is -0.375. The van der Waals surface area contributed by atoms with Gasteiger partial charge in [-0.15, -0.1) is 0 Å². The number of nitro groups is 1.